The summed E-state index contributed by atoms with van der Waals surface area (Å²) in [5.74, 6) is 0. The summed E-state index contributed by atoms with van der Waals surface area (Å²) >= 11 is 0. The lowest BCUT2D eigenvalue weighted by Gasteiger charge is -1.97. The molecule has 0 bridgehead atoms. The van der Waals surface area contributed by atoms with E-state index >= 15 is 0 Å². The molecule has 0 aromatic heterocycles. The number of hydrogen-bond donors (Lipinski definition) is 0. The maximum atomic E-state index is 3.80. The molecule has 1 aromatic carbocycles. The Kier molecular flexibility index (Phi) is 5.29. The predicted molar refractivity (Wildman–Crippen MR) is 54.8 cm³/mol. The van der Waals surface area contributed by atoms with E-state index in [-0.39, 0.29) is 17.4 Å². The number of hydrogen-bond acceptors (Lipinski definition) is 0. The zero-order valence-corrected chi connectivity index (χ0v) is 6.43. The van der Waals surface area contributed by atoms with E-state index in [1.807, 2.05) is 0 Å². The second-order valence-electron chi connectivity index (χ2n) is 2.59. The van der Waals surface area contributed by atoms with E-state index in [0.717, 1.165) is 12.8 Å². The molecule has 0 atom stereocenters. The summed E-state index contributed by atoms with van der Waals surface area (Å²) in [4.78, 5) is 0. The second-order valence-corrected chi connectivity index (χ2v) is 2.59. The third-order valence-electron chi connectivity index (χ3n) is 1.59. The van der Waals surface area contributed by atoms with Gasteiger partial charge in [-0.25, -0.2) is 0 Å². The van der Waals surface area contributed by atoms with Crippen LogP contribution in [0.15, 0.2) is 24.3 Å². The third kappa shape index (κ3) is 3.60. The molecule has 0 aliphatic rings. The van der Waals surface area contributed by atoms with Crippen LogP contribution in [-0.4, -0.2) is 17.4 Å². The normalized spacial score (nSPS) is 8.91. The summed E-state index contributed by atoms with van der Waals surface area (Å²) in [7, 11) is 0. The van der Waals surface area contributed by atoms with Gasteiger partial charge in [0.2, 0.25) is 0 Å². The van der Waals surface area contributed by atoms with Crippen LogP contribution in [0.3, 0.4) is 0 Å². The Morgan fingerprint density at radius 2 is 1.73 bits per heavy atom. The average molecular weight is 163 g/mol. The van der Waals surface area contributed by atoms with Crippen molar-refractivity contribution in [3.05, 3.63) is 42.3 Å². The first-order valence-corrected chi connectivity index (χ1v) is 3.67. The lowest BCUT2D eigenvalue weighted by Crippen LogP contribution is -1.81. The van der Waals surface area contributed by atoms with E-state index in [1.54, 1.807) is 0 Å². The molecule has 0 saturated carbocycles. The molecule has 0 unspecified atom stereocenters. The molecule has 0 heterocycles. The Labute approximate surface area is 79.8 Å². The molecule has 1 radical (unpaired) electrons. The van der Waals surface area contributed by atoms with E-state index in [1.165, 1.54) is 11.1 Å². The van der Waals surface area contributed by atoms with Gasteiger partial charge in [0.15, 0.2) is 17.4 Å². The summed E-state index contributed by atoms with van der Waals surface area (Å²) in [5.41, 5.74) is 2.72. The van der Waals surface area contributed by atoms with E-state index in [2.05, 4.69) is 38.1 Å². The van der Waals surface area contributed by atoms with Crippen molar-refractivity contribution in [1.82, 2.24) is 0 Å². The Morgan fingerprint density at radius 1 is 1.18 bits per heavy atom. The van der Waals surface area contributed by atoms with Crippen molar-refractivity contribution >= 4 is 17.4 Å². The summed E-state index contributed by atoms with van der Waals surface area (Å²) in [6, 6.07) is 8.62. The lowest BCUT2D eigenvalue weighted by molar-refractivity contribution is 0.998. The van der Waals surface area contributed by atoms with Crippen LogP contribution in [0, 0.1) is 13.8 Å². The molecule has 59 valence electrons. The van der Waals surface area contributed by atoms with Crippen molar-refractivity contribution in [2.75, 3.05) is 0 Å². The van der Waals surface area contributed by atoms with Crippen molar-refractivity contribution in [1.29, 1.82) is 0 Å². The molecule has 0 amide bonds. The van der Waals surface area contributed by atoms with Gasteiger partial charge in [0.05, 0.1) is 0 Å². The standard InChI is InChI=1S/C10H13.Al.3H/c1-3-4-10-7-5-9(2)6-8-10;;;;/h5-8H,1,3-4H2,2H3;;;;. The van der Waals surface area contributed by atoms with Crippen molar-refractivity contribution < 1.29 is 0 Å². The fourth-order valence-electron chi connectivity index (χ4n) is 0.959. The van der Waals surface area contributed by atoms with Crippen LogP contribution < -0.4 is 0 Å². The fourth-order valence-corrected chi connectivity index (χ4v) is 0.959. The highest BCUT2D eigenvalue weighted by molar-refractivity contribution is 5.75. The predicted octanol–water partition coefficient (Wildman–Crippen LogP) is 1.58. The minimum absolute atomic E-state index is 0. The first-order chi connectivity index (χ1) is 4.83. The molecule has 1 rings (SSSR count). The molecule has 11 heavy (non-hydrogen) atoms. The quantitative estimate of drug-likeness (QED) is 0.581. The van der Waals surface area contributed by atoms with Gasteiger partial charge in [0, 0.05) is 0 Å². The van der Waals surface area contributed by atoms with E-state index in [0.29, 0.717) is 0 Å². The minimum Gasteiger partial charge on any atom is -0.0591 e. The summed E-state index contributed by atoms with van der Waals surface area (Å²) in [6.45, 7) is 5.91. The van der Waals surface area contributed by atoms with Crippen molar-refractivity contribution in [3.8, 4) is 0 Å². The number of aryl methyl sites for hydroxylation is 2. The maximum Gasteiger partial charge on any atom is 0.187 e. The Bertz CT molecular complexity index is 189. The maximum absolute atomic E-state index is 3.80. The SMILES string of the molecule is [AlH3].[CH2]CCc1ccc(C)cc1. The molecule has 1 aromatic rings. The van der Waals surface area contributed by atoms with E-state index in [9.17, 15) is 0 Å². The smallest absolute Gasteiger partial charge is 0.0591 e. The van der Waals surface area contributed by atoms with Gasteiger partial charge in [-0.15, -0.1) is 0 Å². The monoisotopic (exact) mass is 163 g/mol. The van der Waals surface area contributed by atoms with Crippen LogP contribution in [-0.2, 0) is 6.42 Å². The van der Waals surface area contributed by atoms with Crippen LogP contribution in [0.1, 0.15) is 17.5 Å². The molecule has 0 nitrogen and oxygen atoms in total. The van der Waals surface area contributed by atoms with Crippen LogP contribution in [0.5, 0.6) is 0 Å². The molecule has 0 aliphatic carbocycles. The zero-order chi connectivity index (χ0) is 7.40. The number of benzene rings is 1. The number of rotatable bonds is 2. The van der Waals surface area contributed by atoms with Gasteiger partial charge in [-0.3, -0.25) is 0 Å². The van der Waals surface area contributed by atoms with Crippen LogP contribution in [0.25, 0.3) is 0 Å². The molecule has 0 fully saturated rings. The molecule has 0 aliphatic heterocycles. The third-order valence-corrected chi connectivity index (χ3v) is 1.59. The molecule has 0 saturated heterocycles. The van der Waals surface area contributed by atoms with Gasteiger partial charge in [-0.1, -0.05) is 36.8 Å². The first kappa shape index (κ1) is 10.8. The van der Waals surface area contributed by atoms with Crippen LogP contribution in [0.4, 0.5) is 0 Å². The van der Waals surface area contributed by atoms with Crippen molar-refractivity contribution in [2.45, 2.75) is 19.8 Å². The molecular formula is C10H16Al. The minimum atomic E-state index is 0. The summed E-state index contributed by atoms with van der Waals surface area (Å²) in [5, 5.41) is 0. The van der Waals surface area contributed by atoms with Gasteiger partial charge >= 0.3 is 0 Å². The molecule has 0 N–H and O–H groups in total. The van der Waals surface area contributed by atoms with Crippen molar-refractivity contribution in [3.63, 3.8) is 0 Å². The highest BCUT2D eigenvalue weighted by Gasteiger charge is 1.88. The first-order valence-electron chi connectivity index (χ1n) is 3.67. The Hall–Kier alpha value is -0.248. The Morgan fingerprint density at radius 3 is 2.18 bits per heavy atom. The highest BCUT2D eigenvalue weighted by Crippen LogP contribution is 2.04. The van der Waals surface area contributed by atoms with E-state index < -0.39 is 0 Å². The van der Waals surface area contributed by atoms with Gasteiger partial charge in [-0.2, -0.15) is 0 Å². The van der Waals surface area contributed by atoms with Crippen LogP contribution in [0.2, 0.25) is 0 Å². The second kappa shape index (κ2) is 5.41. The molecular weight excluding hydrogens is 147 g/mol. The van der Waals surface area contributed by atoms with Gasteiger partial charge in [0.25, 0.3) is 0 Å². The zero-order valence-electron chi connectivity index (χ0n) is 6.43. The summed E-state index contributed by atoms with van der Waals surface area (Å²) in [6.07, 6.45) is 2.09. The topological polar surface area (TPSA) is 0 Å². The lowest BCUT2D eigenvalue weighted by atomic mass is 10.1. The van der Waals surface area contributed by atoms with Crippen LogP contribution >= 0.6 is 0 Å². The van der Waals surface area contributed by atoms with Gasteiger partial charge < -0.3 is 0 Å². The van der Waals surface area contributed by atoms with E-state index in [4.69, 9.17) is 0 Å². The molecule has 1 heteroatoms. The highest BCUT2D eigenvalue weighted by atomic mass is 27.0. The Balaban J connectivity index is 0.000001000. The largest absolute Gasteiger partial charge is 0.187 e. The van der Waals surface area contributed by atoms with Gasteiger partial charge in [-0.05, 0) is 25.3 Å². The summed E-state index contributed by atoms with van der Waals surface area (Å²) < 4.78 is 0. The fraction of sp³-hybridized carbons (Fsp3) is 0.300. The van der Waals surface area contributed by atoms with Crippen molar-refractivity contribution in [2.24, 2.45) is 0 Å². The molecule has 0 spiro atoms. The van der Waals surface area contributed by atoms with Gasteiger partial charge in [0.1, 0.15) is 0 Å². The average Bonchev–Trinajstić information content (AvgIpc) is 1.95.